The second-order valence-electron chi connectivity index (χ2n) is 6.47. The number of carbonyl (C=O) groups excluding carboxylic acids is 1. The minimum absolute atomic E-state index is 0.0635. The number of carbonyl (C=O) groups is 1. The number of hydrogen-bond donors (Lipinski definition) is 0. The van der Waals surface area contributed by atoms with Gasteiger partial charge in [-0.15, -0.1) is 0 Å². The number of alkyl halides is 3. The SMILES string of the molecule is O=C(Cc1ccc(Cl)nc1)N1CCN(S(=O)(=O)c2ccc(C(F)(F)F)cc2)CC1. The highest BCUT2D eigenvalue weighted by atomic mass is 35.5. The number of halogens is 4. The van der Waals surface area contributed by atoms with Crippen LogP contribution in [-0.2, 0) is 27.4 Å². The zero-order valence-electron chi connectivity index (χ0n) is 15.1. The Hall–Kier alpha value is -2.17. The molecule has 3 rings (SSSR count). The van der Waals surface area contributed by atoms with Crippen LogP contribution in [0.1, 0.15) is 11.1 Å². The van der Waals surface area contributed by atoms with Gasteiger partial charge in [-0.25, -0.2) is 13.4 Å². The summed E-state index contributed by atoms with van der Waals surface area (Å²) in [5.41, 5.74) is -0.220. The first kappa shape index (κ1) is 21.5. The molecule has 1 aliphatic rings. The Balaban J connectivity index is 1.61. The molecular weight excluding hydrogens is 431 g/mol. The van der Waals surface area contributed by atoms with Gasteiger partial charge in [0.1, 0.15) is 5.15 Å². The summed E-state index contributed by atoms with van der Waals surface area (Å²) in [4.78, 5) is 17.7. The lowest BCUT2D eigenvalue weighted by molar-refractivity contribution is -0.137. The zero-order valence-corrected chi connectivity index (χ0v) is 16.6. The van der Waals surface area contributed by atoms with Crippen LogP contribution in [-0.4, -0.2) is 54.7 Å². The maximum Gasteiger partial charge on any atom is 0.416 e. The smallest absolute Gasteiger partial charge is 0.340 e. The molecule has 0 aliphatic carbocycles. The van der Waals surface area contributed by atoms with Crippen molar-refractivity contribution in [2.45, 2.75) is 17.5 Å². The van der Waals surface area contributed by atoms with Crippen molar-refractivity contribution in [3.05, 3.63) is 58.9 Å². The molecule has 0 atom stereocenters. The van der Waals surface area contributed by atoms with E-state index in [1.54, 1.807) is 17.0 Å². The van der Waals surface area contributed by atoms with Gasteiger partial charge in [-0.05, 0) is 35.9 Å². The molecule has 0 unspecified atom stereocenters. The Kier molecular flexibility index (Phi) is 6.16. The first-order valence-corrected chi connectivity index (χ1v) is 10.4. The minimum atomic E-state index is -4.53. The molecule has 0 saturated carbocycles. The van der Waals surface area contributed by atoms with E-state index in [0.717, 1.165) is 24.3 Å². The largest absolute Gasteiger partial charge is 0.416 e. The second-order valence-corrected chi connectivity index (χ2v) is 8.80. The summed E-state index contributed by atoms with van der Waals surface area (Å²) in [5.74, 6) is -0.166. The fourth-order valence-electron chi connectivity index (χ4n) is 2.94. The molecule has 11 heteroatoms. The van der Waals surface area contributed by atoms with Crippen LogP contribution < -0.4 is 0 Å². The van der Waals surface area contributed by atoms with Gasteiger partial charge in [-0.1, -0.05) is 17.7 Å². The van der Waals surface area contributed by atoms with E-state index in [4.69, 9.17) is 11.6 Å². The quantitative estimate of drug-likeness (QED) is 0.676. The molecule has 6 nitrogen and oxygen atoms in total. The molecule has 1 fully saturated rings. The highest BCUT2D eigenvalue weighted by Gasteiger charge is 2.33. The van der Waals surface area contributed by atoms with Crippen molar-refractivity contribution in [1.82, 2.24) is 14.2 Å². The van der Waals surface area contributed by atoms with Gasteiger partial charge in [0.2, 0.25) is 15.9 Å². The number of benzene rings is 1. The van der Waals surface area contributed by atoms with Crippen LogP contribution in [0.4, 0.5) is 13.2 Å². The fourth-order valence-corrected chi connectivity index (χ4v) is 4.47. The van der Waals surface area contributed by atoms with Crippen LogP contribution in [0.2, 0.25) is 5.15 Å². The van der Waals surface area contributed by atoms with Crippen molar-refractivity contribution in [2.75, 3.05) is 26.2 Å². The van der Waals surface area contributed by atoms with Gasteiger partial charge in [0.05, 0.1) is 16.9 Å². The van der Waals surface area contributed by atoms with Gasteiger partial charge in [0, 0.05) is 32.4 Å². The number of rotatable bonds is 4. The Morgan fingerprint density at radius 3 is 2.17 bits per heavy atom. The van der Waals surface area contributed by atoms with E-state index in [9.17, 15) is 26.4 Å². The molecule has 0 spiro atoms. The number of amides is 1. The van der Waals surface area contributed by atoms with E-state index in [1.165, 1.54) is 10.5 Å². The molecule has 0 radical (unpaired) electrons. The van der Waals surface area contributed by atoms with E-state index < -0.39 is 21.8 Å². The third-order valence-electron chi connectivity index (χ3n) is 4.55. The number of pyridine rings is 1. The normalized spacial score (nSPS) is 16.1. The van der Waals surface area contributed by atoms with E-state index in [1.807, 2.05) is 0 Å². The summed E-state index contributed by atoms with van der Waals surface area (Å²) in [5, 5.41) is 0.322. The lowest BCUT2D eigenvalue weighted by Gasteiger charge is -2.34. The summed E-state index contributed by atoms with van der Waals surface area (Å²) in [6.45, 7) is 0.515. The van der Waals surface area contributed by atoms with Crippen LogP contribution >= 0.6 is 11.6 Å². The standard InChI is InChI=1S/C18H17ClF3N3O3S/c19-16-6-1-13(12-23-16)11-17(26)24-7-9-25(10-8-24)29(27,28)15-4-2-14(3-5-15)18(20,21)22/h1-6,12H,7-11H2. The number of aromatic nitrogens is 1. The van der Waals surface area contributed by atoms with Crippen molar-refractivity contribution in [3.63, 3.8) is 0 Å². The third-order valence-corrected chi connectivity index (χ3v) is 6.69. The third kappa shape index (κ3) is 5.06. The van der Waals surface area contributed by atoms with Gasteiger partial charge in [-0.3, -0.25) is 4.79 Å². The number of sulfonamides is 1. The molecule has 0 bridgehead atoms. The molecule has 2 heterocycles. The van der Waals surface area contributed by atoms with Crippen LogP contribution in [0.5, 0.6) is 0 Å². The van der Waals surface area contributed by atoms with Crippen LogP contribution in [0.25, 0.3) is 0 Å². The maximum absolute atomic E-state index is 12.7. The first-order chi connectivity index (χ1) is 13.6. The highest BCUT2D eigenvalue weighted by Crippen LogP contribution is 2.30. The summed E-state index contributed by atoms with van der Waals surface area (Å²) in [6.07, 6.45) is -2.91. The summed E-state index contributed by atoms with van der Waals surface area (Å²) >= 11 is 5.71. The van der Waals surface area contributed by atoms with E-state index >= 15 is 0 Å². The Labute approximate surface area is 170 Å². The second kappa shape index (κ2) is 8.29. The molecule has 1 amide bonds. The van der Waals surface area contributed by atoms with E-state index in [-0.39, 0.29) is 43.4 Å². The topological polar surface area (TPSA) is 70.6 Å². The predicted octanol–water partition coefficient (Wildman–Crippen LogP) is 2.83. The number of nitrogens with zero attached hydrogens (tertiary/aromatic N) is 3. The average Bonchev–Trinajstić information content (AvgIpc) is 2.69. The monoisotopic (exact) mass is 447 g/mol. The molecule has 156 valence electrons. The van der Waals surface area contributed by atoms with Crippen molar-refractivity contribution < 1.29 is 26.4 Å². The fraction of sp³-hybridized carbons (Fsp3) is 0.333. The lowest BCUT2D eigenvalue weighted by atomic mass is 10.2. The Bertz CT molecular complexity index is 972. The molecule has 1 aromatic heterocycles. The zero-order chi connectivity index (χ0) is 21.2. The highest BCUT2D eigenvalue weighted by molar-refractivity contribution is 7.89. The summed E-state index contributed by atoms with van der Waals surface area (Å²) < 4.78 is 64.5. The van der Waals surface area contributed by atoms with Crippen LogP contribution in [0, 0.1) is 0 Å². The van der Waals surface area contributed by atoms with Gasteiger partial charge >= 0.3 is 6.18 Å². The number of piperazine rings is 1. The first-order valence-electron chi connectivity index (χ1n) is 8.63. The predicted molar refractivity (Wildman–Crippen MR) is 99.7 cm³/mol. The van der Waals surface area contributed by atoms with Crippen LogP contribution in [0.15, 0.2) is 47.5 Å². The molecule has 2 aromatic rings. The molecule has 1 aromatic carbocycles. The Morgan fingerprint density at radius 2 is 1.66 bits per heavy atom. The van der Waals surface area contributed by atoms with Crippen molar-refractivity contribution >= 4 is 27.5 Å². The van der Waals surface area contributed by atoms with Gasteiger partial charge in [0.15, 0.2) is 0 Å². The summed E-state index contributed by atoms with van der Waals surface area (Å²) in [7, 11) is -3.93. The van der Waals surface area contributed by atoms with E-state index in [2.05, 4.69) is 4.98 Å². The Morgan fingerprint density at radius 1 is 1.03 bits per heavy atom. The van der Waals surface area contributed by atoms with Gasteiger partial charge in [0.25, 0.3) is 0 Å². The minimum Gasteiger partial charge on any atom is -0.340 e. The van der Waals surface area contributed by atoms with Crippen molar-refractivity contribution in [1.29, 1.82) is 0 Å². The molecule has 29 heavy (non-hydrogen) atoms. The summed E-state index contributed by atoms with van der Waals surface area (Å²) in [6, 6.07) is 6.66. The van der Waals surface area contributed by atoms with Crippen LogP contribution in [0.3, 0.4) is 0 Å². The lowest BCUT2D eigenvalue weighted by Crippen LogP contribution is -2.50. The molecule has 1 aliphatic heterocycles. The van der Waals surface area contributed by atoms with Crippen molar-refractivity contribution in [3.8, 4) is 0 Å². The van der Waals surface area contributed by atoms with Gasteiger partial charge < -0.3 is 4.90 Å². The number of hydrogen-bond acceptors (Lipinski definition) is 4. The van der Waals surface area contributed by atoms with E-state index in [0.29, 0.717) is 10.7 Å². The average molecular weight is 448 g/mol. The maximum atomic E-state index is 12.7. The molecule has 0 N–H and O–H groups in total. The molecule has 1 saturated heterocycles. The van der Waals surface area contributed by atoms with Crippen molar-refractivity contribution in [2.24, 2.45) is 0 Å². The molecular formula is C18H17ClF3N3O3S. The van der Waals surface area contributed by atoms with Gasteiger partial charge in [-0.2, -0.15) is 17.5 Å².